The number of aryl methyl sites for hydroxylation is 1. The lowest BCUT2D eigenvalue weighted by Crippen LogP contribution is -2.51. The number of carbonyl (C=O) groups excluding carboxylic acids is 3. The molecule has 6 heteroatoms. The molecule has 3 aliphatic rings. The van der Waals surface area contributed by atoms with Gasteiger partial charge < -0.3 is 15.0 Å². The Labute approximate surface area is 241 Å². The van der Waals surface area contributed by atoms with E-state index in [9.17, 15) is 14.4 Å². The van der Waals surface area contributed by atoms with Crippen LogP contribution in [0.25, 0.3) is 6.08 Å². The largest absolute Gasteiger partial charge is 0.497 e. The lowest BCUT2D eigenvalue weighted by Gasteiger charge is -2.38. The van der Waals surface area contributed by atoms with E-state index in [2.05, 4.69) is 12.2 Å². The Morgan fingerprint density at radius 1 is 1.02 bits per heavy atom. The lowest BCUT2D eigenvalue weighted by atomic mass is 9.63. The molecular formula is C35H36N2O4. The van der Waals surface area contributed by atoms with Gasteiger partial charge in [0.25, 0.3) is 0 Å². The minimum absolute atomic E-state index is 0.0745. The number of hydrogen-bond donors (Lipinski definition) is 1. The number of Topliss-reactive ketones (excluding diaryl/α,β-unsaturated/α-hetero) is 2. The molecule has 41 heavy (non-hydrogen) atoms. The van der Waals surface area contributed by atoms with Gasteiger partial charge in [0.15, 0.2) is 11.6 Å². The highest BCUT2D eigenvalue weighted by atomic mass is 16.5. The molecule has 1 N–H and O–H groups in total. The van der Waals surface area contributed by atoms with Gasteiger partial charge in [-0.15, -0.1) is 0 Å². The molecule has 4 atom stereocenters. The molecule has 1 amide bonds. The topological polar surface area (TPSA) is 75.7 Å². The first-order chi connectivity index (χ1) is 19.6. The van der Waals surface area contributed by atoms with Crippen LogP contribution in [0.15, 0.2) is 72.8 Å². The van der Waals surface area contributed by atoms with Gasteiger partial charge >= 0.3 is 0 Å². The van der Waals surface area contributed by atoms with Crippen molar-refractivity contribution in [2.45, 2.75) is 58.0 Å². The van der Waals surface area contributed by atoms with E-state index in [1.807, 2.05) is 105 Å². The quantitative estimate of drug-likeness (QED) is 0.369. The first-order valence-electron chi connectivity index (χ1n) is 14.4. The fourth-order valence-corrected chi connectivity index (χ4v) is 7.03. The highest BCUT2D eigenvalue weighted by molar-refractivity contribution is 6.17. The number of benzene rings is 3. The predicted molar refractivity (Wildman–Crippen MR) is 162 cm³/mol. The van der Waals surface area contributed by atoms with Crippen LogP contribution in [-0.2, 0) is 21.4 Å². The summed E-state index contributed by atoms with van der Waals surface area (Å²) in [6.07, 6.45) is 5.90. The predicted octanol–water partition coefficient (Wildman–Crippen LogP) is 6.24. The Bertz CT molecular complexity index is 1580. The lowest BCUT2D eigenvalue weighted by molar-refractivity contribution is -0.128. The molecule has 1 spiro atoms. The molecule has 0 radical (unpaired) electrons. The highest BCUT2D eigenvalue weighted by Crippen LogP contribution is 2.58. The van der Waals surface area contributed by atoms with Crippen molar-refractivity contribution in [3.8, 4) is 5.75 Å². The van der Waals surface area contributed by atoms with Crippen LogP contribution < -0.4 is 15.0 Å². The Morgan fingerprint density at radius 3 is 2.44 bits per heavy atom. The molecule has 0 saturated carbocycles. The molecule has 0 aliphatic carbocycles. The second-order valence-corrected chi connectivity index (χ2v) is 12.4. The molecular weight excluding hydrogens is 512 g/mol. The maximum Gasteiger partial charge on any atom is 0.238 e. The summed E-state index contributed by atoms with van der Waals surface area (Å²) in [5, 5.41) is 3.08. The molecule has 6 nitrogen and oxygen atoms in total. The zero-order valence-corrected chi connectivity index (χ0v) is 24.2. The normalized spacial score (nSPS) is 24.1. The van der Waals surface area contributed by atoms with Gasteiger partial charge in [-0.3, -0.25) is 14.4 Å². The number of ether oxygens (including phenoxy) is 1. The SMILES string of the molecule is CCCc1ccc(C(=O)[C@@H]2[C@@H](C(=O)C(C)(C)C)N3c4ccc(OC)cc4C=C[C@@H]3[C@]23C(=O)Nc2ccccc23)cc1. The van der Waals surface area contributed by atoms with Crippen LogP contribution in [0, 0.1) is 11.3 Å². The number of methoxy groups -OCH3 is 1. The van der Waals surface area contributed by atoms with Crippen molar-refractivity contribution in [2.24, 2.45) is 11.3 Å². The molecule has 6 rings (SSSR count). The molecule has 3 aromatic rings. The Hall–Kier alpha value is -4.19. The summed E-state index contributed by atoms with van der Waals surface area (Å²) in [6, 6.07) is 19.6. The first-order valence-corrected chi connectivity index (χ1v) is 14.4. The number of para-hydroxylation sites is 1. The van der Waals surface area contributed by atoms with Gasteiger partial charge in [0, 0.05) is 27.9 Å². The third-order valence-electron chi connectivity index (χ3n) is 8.91. The fraction of sp³-hybridized carbons (Fsp3) is 0.343. The third kappa shape index (κ3) is 3.95. The van der Waals surface area contributed by atoms with Crippen LogP contribution in [0.2, 0.25) is 0 Å². The zero-order chi connectivity index (χ0) is 29.1. The van der Waals surface area contributed by atoms with Crippen molar-refractivity contribution in [3.63, 3.8) is 0 Å². The van der Waals surface area contributed by atoms with E-state index in [-0.39, 0.29) is 17.5 Å². The van der Waals surface area contributed by atoms with E-state index in [1.54, 1.807) is 7.11 Å². The minimum atomic E-state index is -1.30. The van der Waals surface area contributed by atoms with E-state index in [0.717, 1.165) is 35.2 Å². The van der Waals surface area contributed by atoms with E-state index in [1.165, 1.54) is 0 Å². The average Bonchev–Trinajstić information content (AvgIpc) is 3.44. The zero-order valence-electron chi connectivity index (χ0n) is 24.2. The average molecular weight is 549 g/mol. The number of rotatable bonds is 6. The summed E-state index contributed by atoms with van der Waals surface area (Å²) in [4.78, 5) is 45.8. The number of carbonyl (C=O) groups is 3. The number of nitrogens with one attached hydrogen (secondary N) is 1. The number of ketones is 2. The maximum atomic E-state index is 14.8. The Balaban J connectivity index is 1.63. The van der Waals surface area contributed by atoms with Gasteiger partial charge in [0.2, 0.25) is 5.91 Å². The monoisotopic (exact) mass is 548 g/mol. The summed E-state index contributed by atoms with van der Waals surface area (Å²) in [6.45, 7) is 7.77. The molecule has 0 aromatic heterocycles. The van der Waals surface area contributed by atoms with Crippen LogP contribution >= 0.6 is 0 Å². The molecule has 3 aliphatic heterocycles. The number of nitrogens with zero attached hydrogens (tertiary/aromatic N) is 1. The van der Waals surface area contributed by atoms with Crippen LogP contribution in [0.1, 0.15) is 61.2 Å². The summed E-state index contributed by atoms with van der Waals surface area (Å²) < 4.78 is 5.48. The summed E-state index contributed by atoms with van der Waals surface area (Å²) in [5.74, 6) is -0.767. The van der Waals surface area contributed by atoms with Crippen molar-refractivity contribution in [1.29, 1.82) is 0 Å². The number of fused-ring (bicyclic) bond motifs is 6. The van der Waals surface area contributed by atoms with Gasteiger partial charge in [0.05, 0.1) is 19.1 Å². The van der Waals surface area contributed by atoms with Gasteiger partial charge in [-0.05, 0) is 41.8 Å². The van der Waals surface area contributed by atoms with Gasteiger partial charge in [-0.1, -0.05) is 88.7 Å². The molecule has 0 bridgehead atoms. The number of anilines is 2. The van der Waals surface area contributed by atoms with Crippen LogP contribution in [0.4, 0.5) is 11.4 Å². The smallest absolute Gasteiger partial charge is 0.238 e. The van der Waals surface area contributed by atoms with Gasteiger partial charge in [-0.25, -0.2) is 0 Å². The second kappa shape index (κ2) is 9.72. The molecule has 1 fully saturated rings. The molecule has 1 saturated heterocycles. The summed E-state index contributed by atoms with van der Waals surface area (Å²) >= 11 is 0. The Kier molecular flexibility index (Phi) is 6.40. The van der Waals surface area contributed by atoms with Crippen LogP contribution in [0.3, 0.4) is 0 Å². The van der Waals surface area contributed by atoms with E-state index >= 15 is 0 Å². The van der Waals surface area contributed by atoms with Crippen molar-refractivity contribution >= 4 is 34.9 Å². The van der Waals surface area contributed by atoms with Crippen LogP contribution in [0.5, 0.6) is 5.75 Å². The van der Waals surface area contributed by atoms with Crippen molar-refractivity contribution in [1.82, 2.24) is 0 Å². The molecule has 3 aromatic carbocycles. The Morgan fingerprint density at radius 2 is 1.76 bits per heavy atom. The first kappa shape index (κ1) is 27.0. The summed E-state index contributed by atoms with van der Waals surface area (Å²) in [7, 11) is 1.62. The second-order valence-electron chi connectivity index (χ2n) is 12.4. The van der Waals surface area contributed by atoms with Crippen molar-refractivity contribution in [2.75, 3.05) is 17.3 Å². The third-order valence-corrected chi connectivity index (χ3v) is 8.91. The molecule has 0 unspecified atom stereocenters. The summed E-state index contributed by atoms with van der Waals surface area (Å²) in [5.41, 5.74) is 2.74. The molecule has 210 valence electrons. The van der Waals surface area contributed by atoms with Crippen molar-refractivity contribution < 1.29 is 19.1 Å². The highest BCUT2D eigenvalue weighted by Gasteiger charge is 2.70. The van der Waals surface area contributed by atoms with E-state index < -0.39 is 28.8 Å². The maximum absolute atomic E-state index is 14.8. The van der Waals surface area contributed by atoms with Gasteiger partial charge in [-0.2, -0.15) is 0 Å². The van der Waals surface area contributed by atoms with E-state index in [4.69, 9.17) is 4.74 Å². The molecule has 3 heterocycles. The minimum Gasteiger partial charge on any atom is -0.497 e. The van der Waals surface area contributed by atoms with E-state index in [0.29, 0.717) is 17.0 Å². The fourth-order valence-electron chi connectivity index (χ4n) is 7.03. The van der Waals surface area contributed by atoms with Gasteiger partial charge in [0.1, 0.15) is 17.2 Å². The van der Waals surface area contributed by atoms with Crippen molar-refractivity contribution in [3.05, 3.63) is 95.1 Å². The standard InChI is InChI=1S/C35H36N2O4/c1-6-9-21-12-14-22(15-13-21)31(38)29-30(32(39)34(2,3)4)37-27-18-17-24(41-5)20-23(27)16-19-28(37)35(29)25-10-7-8-11-26(25)36-33(35)40/h7-8,10-20,28-30H,6,9H2,1-5H3,(H,36,40)/t28-,29+,30+,35+/m1/s1. The number of amides is 1. The number of hydrogen-bond acceptors (Lipinski definition) is 5. The van der Waals surface area contributed by atoms with Crippen LogP contribution in [-0.4, -0.2) is 36.7 Å².